The van der Waals surface area contributed by atoms with E-state index in [1.54, 1.807) is 30.5 Å². The minimum atomic E-state index is -0.167. The number of rotatable bonds is 4. The van der Waals surface area contributed by atoms with Gasteiger partial charge in [0, 0.05) is 12.4 Å². The Kier molecular flexibility index (Phi) is 4.22. The molecule has 2 heterocycles. The molecule has 1 N–H and O–H groups in total. The predicted octanol–water partition coefficient (Wildman–Crippen LogP) is 2.40. The quantitative estimate of drug-likeness (QED) is 0.603. The summed E-state index contributed by atoms with van der Waals surface area (Å²) in [6.07, 6.45) is 0.111. The number of fused-ring (bicyclic) bond motifs is 2. The first-order chi connectivity index (χ1) is 12.6. The highest BCUT2D eigenvalue weighted by Crippen LogP contribution is 2.21. The molecule has 6 nitrogen and oxygen atoms in total. The second kappa shape index (κ2) is 6.68. The van der Waals surface area contributed by atoms with Gasteiger partial charge in [-0.25, -0.2) is 9.67 Å². The number of aryl methyl sites for hydroxylation is 1. The second-order valence-corrected chi connectivity index (χ2v) is 7.07. The summed E-state index contributed by atoms with van der Waals surface area (Å²) < 4.78 is 2.38. The zero-order chi connectivity index (χ0) is 18.1. The number of nitrogens with zero attached hydrogens (tertiary/aromatic N) is 3. The molecular formula is C19H16N4O2S. The Balaban J connectivity index is 1.52. The fourth-order valence-corrected chi connectivity index (χ4v) is 3.80. The Morgan fingerprint density at radius 3 is 2.65 bits per heavy atom. The molecule has 0 unspecified atom stereocenters. The zero-order valence-corrected chi connectivity index (χ0v) is 14.9. The number of para-hydroxylation sites is 1. The van der Waals surface area contributed by atoms with Crippen LogP contribution in [0.3, 0.4) is 0 Å². The maximum absolute atomic E-state index is 12.4. The minimum absolute atomic E-state index is 0.111. The third-order valence-corrected chi connectivity index (χ3v) is 5.17. The fraction of sp³-hybridized carbons (Fsp3) is 0.158. The number of aromatic nitrogens is 3. The van der Waals surface area contributed by atoms with Crippen LogP contribution in [0, 0.1) is 0 Å². The lowest BCUT2D eigenvalue weighted by Gasteiger charge is -2.08. The van der Waals surface area contributed by atoms with E-state index in [0.29, 0.717) is 23.0 Å². The van der Waals surface area contributed by atoms with Crippen molar-refractivity contribution in [2.24, 2.45) is 7.05 Å². The Morgan fingerprint density at radius 1 is 1.12 bits per heavy atom. The molecule has 1 amide bonds. The van der Waals surface area contributed by atoms with E-state index in [2.05, 4.69) is 15.4 Å². The number of thiazole rings is 1. The van der Waals surface area contributed by atoms with E-state index < -0.39 is 0 Å². The molecule has 4 aromatic rings. The van der Waals surface area contributed by atoms with E-state index in [-0.39, 0.29) is 17.9 Å². The molecule has 0 aliphatic heterocycles. The van der Waals surface area contributed by atoms with Gasteiger partial charge >= 0.3 is 0 Å². The van der Waals surface area contributed by atoms with E-state index in [4.69, 9.17) is 0 Å². The third-order valence-electron chi connectivity index (χ3n) is 4.14. The van der Waals surface area contributed by atoms with Crippen molar-refractivity contribution in [1.29, 1.82) is 0 Å². The lowest BCUT2D eigenvalue weighted by molar-refractivity contribution is -0.120. The molecule has 2 aromatic heterocycles. The van der Waals surface area contributed by atoms with Gasteiger partial charge in [0.15, 0.2) is 0 Å². The van der Waals surface area contributed by atoms with Crippen LogP contribution < -0.4 is 10.9 Å². The number of nitrogens with one attached hydrogen (secondary N) is 1. The van der Waals surface area contributed by atoms with Crippen molar-refractivity contribution in [1.82, 2.24) is 20.1 Å². The molecular weight excluding hydrogens is 348 g/mol. The molecule has 0 saturated heterocycles. The summed E-state index contributed by atoms with van der Waals surface area (Å²) in [4.78, 5) is 29.0. The van der Waals surface area contributed by atoms with Crippen LogP contribution in [0.1, 0.15) is 10.7 Å². The molecule has 0 atom stereocenters. The summed E-state index contributed by atoms with van der Waals surface area (Å²) in [6.45, 7) is 0.377. The smallest absolute Gasteiger partial charge is 0.274 e. The first-order valence-corrected chi connectivity index (χ1v) is 8.99. The van der Waals surface area contributed by atoms with Gasteiger partial charge in [-0.1, -0.05) is 30.3 Å². The molecule has 26 heavy (non-hydrogen) atoms. The number of carbonyl (C=O) groups excluding carboxylic acids is 1. The van der Waals surface area contributed by atoms with Gasteiger partial charge in [0.05, 0.1) is 34.3 Å². The van der Waals surface area contributed by atoms with Crippen LogP contribution in [0.25, 0.3) is 21.0 Å². The van der Waals surface area contributed by atoms with Gasteiger partial charge in [0.2, 0.25) is 5.91 Å². The van der Waals surface area contributed by atoms with E-state index >= 15 is 0 Å². The Labute approximate surface area is 153 Å². The third kappa shape index (κ3) is 3.09. The van der Waals surface area contributed by atoms with Gasteiger partial charge in [0.25, 0.3) is 5.56 Å². The highest BCUT2D eigenvalue weighted by atomic mass is 32.1. The number of benzene rings is 2. The Morgan fingerprint density at radius 2 is 1.85 bits per heavy atom. The average Bonchev–Trinajstić information content (AvgIpc) is 3.07. The topological polar surface area (TPSA) is 76.9 Å². The first kappa shape index (κ1) is 16.4. The normalized spacial score (nSPS) is 11.1. The molecule has 0 aliphatic rings. The summed E-state index contributed by atoms with van der Waals surface area (Å²) in [5, 5.41) is 9.29. The standard InChI is InChI=1S/C19H16N4O2S/c1-23-19(25)13-7-3-2-6-12(13)15(22-23)10-17(24)20-11-18-21-14-8-4-5-9-16(14)26-18/h2-9H,10-11H2,1H3,(H,20,24). The van der Waals surface area contributed by atoms with Crippen LogP contribution >= 0.6 is 11.3 Å². The summed E-state index contributed by atoms with van der Waals surface area (Å²) in [5.74, 6) is -0.152. The van der Waals surface area contributed by atoms with Gasteiger partial charge in [-0.2, -0.15) is 5.10 Å². The molecule has 0 fully saturated rings. The summed E-state index contributed by atoms with van der Waals surface area (Å²) in [7, 11) is 1.59. The van der Waals surface area contributed by atoms with Crippen molar-refractivity contribution in [2.75, 3.05) is 0 Å². The van der Waals surface area contributed by atoms with Gasteiger partial charge in [-0.3, -0.25) is 9.59 Å². The van der Waals surface area contributed by atoms with Crippen LogP contribution in [0.4, 0.5) is 0 Å². The van der Waals surface area contributed by atoms with Crippen LogP contribution in [-0.2, 0) is 24.8 Å². The van der Waals surface area contributed by atoms with E-state index in [1.807, 2.05) is 36.4 Å². The number of hydrogen-bond donors (Lipinski definition) is 1. The Hall–Kier alpha value is -3.06. The van der Waals surface area contributed by atoms with Gasteiger partial charge in [0.1, 0.15) is 5.01 Å². The lowest BCUT2D eigenvalue weighted by atomic mass is 10.1. The molecule has 0 bridgehead atoms. The second-order valence-electron chi connectivity index (χ2n) is 5.95. The molecule has 7 heteroatoms. The van der Waals surface area contributed by atoms with Crippen molar-refractivity contribution in [2.45, 2.75) is 13.0 Å². The lowest BCUT2D eigenvalue weighted by Crippen LogP contribution is -2.27. The largest absolute Gasteiger partial charge is 0.349 e. The van der Waals surface area contributed by atoms with Crippen LogP contribution in [-0.4, -0.2) is 20.7 Å². The minimum Gasteiger partial charge on any atom is -0.349 e. The molecule has 2 aromatic carbocycles. The predicted molar refractivity (Wildman–Crippen MR) is 102 cm³/mol. The first-order valence-electron chi connectivity index (χ1n) is 8.18. The number of hydrogen-bond acceptors (Lipinski definition) is 5. The fourth-order valence-electron chi connectivity index (χ4n) is 2.89. The van der Waals surface area contributed by atoms with E-state index in [1.165, 1.54) is 4.68 Å². The van der Waals surface area contributed by atoms with E-state index in [0.717, 1.165) is 15.2 Å². The molecule has 4 rings (SSSR count). The van der Waals surface area contributed by atoms with Crippen LogP contribution in [0.2, 0.25) is 0 Å². The summed E-state index contributed by atoms with van der Waals surface area (Å²) >= 11 is 1.57. The van der Waals surface area contributed by atoms with E-state index in [9.17, 15) is 9.59 Å². The monoisotopic (exact) mass is 364 g/mol. The molecule has 0 aliphatic carbocycles. The molecule has 0 spiro atoms. The van der Waals surface area contributed by atoms with Crippen molar-refractivity contribution in [3.8, 4) is 0 Å². The summed E-state index contributed by atoms with van der Waals surface area (Å²) in [5.41, 5.74) is 1.36. The van der Waals surface area contributed by atoms with Crippen molar-refractivity contribution >= 4 is 38.2 Å². The van der Waals surface area contributed by atoms with Crippen LogP contribution in [0.15, 0.2) is 53.3 Å². The molecule has 0 saturated carbocycles. The van der Waals surface area contributed by atoms with Gasteiger partial charge in [-0.05, 0) is 18.2 Å². The van der Waals surface area contributed by atoms with Crippen LogP contribution in [0.5, 0.6) is 0 Å². The van der Waals surface area contributed by atoms with Gasteiger partial charge < -0.3 is 5.32 Å². The average molecular weight is 364 g/mol. The highest BCUT2D eigenvalue weighted by Gasteiger charge is 2.13. The molecule has 130 valence electrons. The number of carbonyl (C=O) groups is 1. The Bertz CT molecular complexity index is 1150. The molecule has 0 radical (unpaired) electrons. The zero-order valence-electron chi connectivity index (χ0n) is 14.1. The summed E-state index contributed by atoms with van der Waals surface area (Å²) in [6, 6.07) is 15.1. The van der Waals surface area contributed by atoms with Crippen molar-refractivity contribution in [3.05, 3.63) is 69.6 Å². The highest BCUT2D eigenvalue weighted by molar-refractivity contribution is 7.18. The van der Waals surface area contributed by atoms with Crippen molar-refractivity contribution in [3.63, 3.8) is 0 Å². The van der Waals surface area contributed by atoms with Crippen molar-refractivity contribution < 1.29 is 4.79 Å². The van der Waals surface area contributed by atoms with Gasteiger partial charge in [-0.15, -0.1) is 11.3 Å². The maximum Gasteiger partial charge on any atom is 0.274 e. The SMILES string of the molecule is Cn1nc(CC(=O)NCc2nc3ccccc3s2)c2ccccc2c1=O. The number of amides is 1. The maximum atomic E-state index is 12.4.